The van der Waals surface area contributed by atoms with E-state index in [1.54, 1.807) is 4.90 Å². The van der Waals surface area contributed by atoms with E-state index in [4.69, 9.17) is 0 Å². The third-order valence-electron chi connectivity index (χ3n) is 6.00. The van der Waals surface area contributed by atoms with E-state index >= 15 is 0 Å². The molecule has 29 heavy (non-hydrogen) atoms. The van der Waals surface area contributed by atoms with Crippen molar-refractivity contribution in [1.29, 1.82) is 0 Å². The number of hydrogen-bond donors (Lipinski definition) is 3. The topological polar surface area (TPSA) is 38.0 Å². The Morgan fingerprint density at radius 1 is 1.00 bits per heavy atom. The Labute approximate surface area is 175 Å². The number of quaternary nitrogens is 2. The maximum Gasteiger partial charge on any atom is 0.275 e. The van der Waals surface area contributed by atoms with Gasteiger partial charge in [-0.25, -0.2) is 0 Å². The van der Waals surface area contributed by atoms with Crippen LogP contribution in [0, 0.1) is 13.8 Å². The highest BCUT2D eigenvalue weighted by Gasteiger charge is 2.24. The van der Waals surface area contributed by atoms with Crippen LogP contribution in [0.25, 0.3) is 6.08 Å². The van der Waals surface area contributed by atoms with Gasteiger partial charge in [0.1, 0.15) is 26.2 Å². The van der Waals surface area contributed by atoms with E-state index in [-0.39, 0.29) is 11.9 Å². The highest BCUT2D eigenvalue weighted by Crippen LogP contribution is 2.16. The molecule has 2 aromatic rings. The summed E-state index contributed by atoms with van der Waals surface area (Å²) in [7, 11) is 0. The number of carbonyl (C=O) groups is 1. The molecule has 4 heteroatoms. The van der Waals surface area contributed by atoms with E-state index in [2.05, 4.69) is 80.7 Å². The number of benzene rings is 2. The molecule has 1 saturated heterocycles. The Morgan fingerprint density at radius 2 is 1.69 bits per heavy atom. The van der Waals surface area contributed by atoms with Gasteiger partial charge in [-0.2, -0.15) is 0 Å². The normalized spacial score (nSPS) is 20.5. The molecule has 1 heterocycles. The van der Waals surface area contributed by atoms with Gasteiger partial charge in [-0.1, -0.05) is 54.6 Å². The highest BCUT2D eigenvalue weighted by molar-refractivity contribution is 5.77. The van der Waals surface area contributed by atoms with E-state index in [9.17, 15) is 4.79 Å². The first-order valence-electron chi connectivity index (χ1n) is 10.8. The van der Waals surface area contributed by atoms with E-state index in [1.165, 1.54) is 27.2 Å². The number of amides is 1. The third-order valence-corrected chi connectivity index (χ3v) is 6.00. The predicted molar refractivity (Wildman–Crippen MR) is 119 cm³/mol. The fourth-order valence-electron chi connectivity index (χ4n) is 3.90. The molecule has 0 bridgehead atoms. The first-order chi connectivity index (χ1) is 14.0. The summed E-state index contributed by atoms with van der Waals surface area (Å²) in [5.41, 5.74) is 4.99. The fourth-order valence-corrected chi connectivity index (χ4v) is 3.90. The molecule has 2 aromatic carbocycles. The minimum atomic E-state index is 0.0521. The molecule has 4 nitrogen and oxygen atoms in total. The average molecular weight is 394 g/mol. The molecule has 0 radical (unpaired) electrons. The molecule has 0 unspecified atom stereocenters. The molecule has 1 aliphatic rings. The van der Waals surface area contributed by atoms with Crippen LogP contribution in [0.3, 0.4) is 0 Å². The summed E-state index contributed by atoms with van der Waals surface area (Å²) in [5, 5.41) is 3.18. The summed E-state index contributed by atoms with van der Waals surface area (Å²) >= 11 is 0. The molecule has 1 aliphatic heterocycles. The molecule has 0 saturated carbocycles. The van der Waals surface area contributed by atoms with Crippen molar-refractivity contribution in [2.45, 2.75) is 26.8 Å². The minimum absolute atomic E-state index is 0.0521. The Balaban J connectivity index is 1.39. The van der Waals surface area contributed by atoms with Gasteiger partial charge in [0, 0.05) is 0 Å². The number of carbonyl (C=O) groups excluding carboxylic acids is 1. The van der Waals surface area contributed by atoms with E-state index in [0.29, 0.717) is 6.54 Å². The van der Waals surface area contributed by atoms with Gasteiger partial charge in [-0.05, 0) is 49.1 Å². The standard InChI is InChI=1S/C25H33N3O/c1-20-11-12-24(18-21(20)2)22(3)26-25(29)19-28-16-14-27(15-17-28)13-7-10-23-8-5-4-6-9-23/h4-12,18,22H,13-17,19H2,1-3H3,(H,26,29)/p+2/b10-7+/t22-/m1/s1. The van der Waals surface area contributed by atoms with Crippen LogP contribution >= 0.6 is 0 Å². The number of nitrogens with one attached hydrogen (secondary N) is 3. The largest absolute Gasteiger partial charge is 0.345 e. The van der Waals surface area contributed by atoms with Crippen molar-refractivity contribution in [3.05, 3.63) is 76.9 Å². The third kappa shape index (κ3) is 6.55. The maximum atomic E-state index is 12.5. The molecule has 1 fully saturated rings. The van der Waals surface area contributed by atoms with Crippen LogP contribution in [0.1, 0.15) is 35.2 Å². The smallest absolute Gasteiger partial charge is 0.275 e. The molecular weight excluding hydrogens is 358 g/mol. The molecule has 0 aliphatic carbocycles. The lowest BCUT2D eigenvalue weighted by atomic mass is 10.0. The van der Waals surface area contributed by atoms with Crippen molar-refractivity contribution in [2.75, 3.05) is 39.3 Å². The SMILES string of the molecule is Cc1ccc([C@@H](C)NC(=O)C[NH+]2CC[NH+](C/C=C/c3ccccc3)CC2)cc1C. The van der Waals surface area contributed by atoms with Crippen LogP contribution in [0.5, 0.6) is 0 Å². The number of hydrogen-bond acceptors (Lipinski definition) is 1. The summed E-state index contributed by atoms with van der Waals surface area (Å²) in [6, 6.07) is 16.9. The van der Waals surface area contributed by atoms with Gasteiger partial charge in [0.25, 0.3) is 5.91 Å². The van der Waals surface area contributed by atoms with Crippen molar-refractivity contribution >= 4 is 12.0 Å². The van der Waals surface area contributed by atoms with Gasteiger partial charge in [-0.3, -0.25) is 4.79 Å². The first-order valence-corrected chi connectivity index (χ1v) is 10.8. The van der Waals surface area contributed by atoms with Crippen molar-refractivity contribution in [1.82, 2.24) is 5.32 Å². The van der Waals surface area contributed by atoms with Crippen LogP contribution in [0.15, 0.2) is 54.6 Å². The van der Waals surface area contributed by atoms with Crippen LogP contribution in [-0.2, 0) is 4.79 Å². The zero-order valence-corrected chi connectivity index (χ0v) is 18.0. The van der Waals surface area contributed by atoms with Crippen molar-refractivity contribution in [3.63, 3.8) is 0 Å². The second kappa shape index (κ2) is 10.4. The van der Waals surface area contributed by atoms with E-state index in [0.717, 1.165) is 32.7 Å². The van der Waals surface area contributed by atoms with Gasteiger partial charge in [0.05, 0.1) is 12.6 Å². The van der Waals surface area contributed by atoms with Crippen molar-refractivity contribution in [2.24, 2.45) is 0 Å². The predicted octanol–water partition coefficient (Wildman–Crippen LogP) is 0.977. The summed E-state index contributed by atoms with van der Waals surface area (Å²) in [5.74, 6) is 0.151. The van der Waals surface area contributed by atoms with Crippen molar-refractivity contribution < 1.29 is 14.6 Å². The van der Waals surface area contributed by atoms with Crippen LogP contribution in [-0.4, -0.2) is 45.2 Å². The summed E-state index contributed by atoms with van der Waals surface area (Å²) in [6.07, 6.45) is 4.47. The minimum Gasteiger partial charge on any atom is -0.345 e. The number of rotatable bonds is 7. The molecule has 0 aromatic heterocycles. The average Bonchev–Trinajstić information content (AvgIpc) is 2.72. The lowest BCUT2D eigenvalue weighted by Gasteiger charge is -2.29. The van der Waals surface area contributed by atoms with Gasteiger partial charge in [0.2, 0.25) is 0 Å². The summed E-state index contributed by atoms with van der Waals surface area (Å²) in [4.78, 5) is 15.5. The molecule has 3 rings (SSSR count). The molecule has 0 spiro atoms. The molecule has 3 N–H and O–H groups in total. The number of aryl methyl sites for hydroxylation is 2. The molecule has 1 amide bonds. The summed E-state index contributed by atoms with van der Waals surface area (Å²) < 4.78 is 0. The molecular formula is C25H35N3O+2. The zero-order valence-electron chi connectivity index (χ0n) is 18.0. The maximum absolute atomic E-state index is 12.5. The fraction of sp³-hybridized carbons (Fsp3) is 0.400. The lowest BCUT2D eigenvalue weighted by Crippen LogP contribution is -3.28. The molecule has 154 valence electrons. The van der Waals surface area contributed by atoms with Crippen molar-refractivity contribution in [3.8, 4) is 0 Å². The van der Waals surface area contributed by atoms with Gasteiger partial charge in [-0.15, -0.1) is 0 Å². The van der Waals surface area contributed by atoms with E-state index < -0.39 is 0 Å². The Morgan fingerprint density at radius 3 is 2.38 bits per heavy atom. The van der Waals surface area contributed by atoms with Crippen LogP contribution in [0.2, 0.25) is 0 Å². The lowest BCUT2D eigenvalue weighted by molar-refractivity contribution is -1.01. The Kier molecular flexibility index (Phi) is 7.62. The number of piperazine rings is 1. The molecule has 1 atom stereocenters. The van der Waals surface area contributed by atoms with Gasteiger partial charge < -0.3 is 15.1 Å². The monoisotopic (exact) mass is 393 g/mol. The first kappa shape index (κ1) is 21.3. The second-order valence-corrected chi connectivity index (χ2v) is 8.33. The van der Waals surface area contributed by atoms with Gasteiger partial charge >= 0.3 is 0 Å². The zero-order chi connectivity index (χ0) is 20.6. The van der Waals surface area contributed by atoms with Gasteiger partial charge in [0.15, 0.2) is 6.54 Å². The quantitative estimate of drug-likeness (QED) is 0.645. The van der Waals surface area contributed by atoms with Crippen LogP contribution in [0.4, 0.5) is 0 Å². The second-order valence-electron chi connectivity index (χ2n) is 8.33. The van der Waals surface area contributed by atoms with Crippen LogP contribution < -0.4 is 15.1 Å². The van der Waals surface area contributed by atoms with E-state index in [1.807, 2.05) is 6.07 Å². The Hall–Kier alpha value is -2.43. The summed E-state index contributed by atoms with van der Waals surface area (Å²) in [6.45, 7) is 12.3. The highest BCUT2D eigenvalue weighted by atomic mass is 16.2. The Bertz CT molecular complexity index is 823.